The molecule has 0 aromatic heterocycles. The largest absolute Gasteiger partial charge is 0.371 e. The molecule has 2 fully saturated rings. The van der Waals surface area contributed by atoms with Crippen LogP contribution in [-0.4, -0.2) is 43.0 Å². The molecule has 152 valence electrons. The lowest BCUT2D eigenvalue weighted by Gasteiger charge is -2.35. The number of benzene rings is 1. The van der Waals surface area contributed by atoms with E-state index in [2.05, 4.69) is 34.1 Å². The number of para-hydroxylation sites is 1. The van der Waals surface area contributed by atoms with E-state index in [9.17, 15) is 4.79 Å². The highest BCUT2D eigenvalue weighted by atomic mass is 35.5. The Morgan fingerprint density at radius 3 is 2.48 bits per heavy atom. The lowest BCUT2D eigenvalue weighted by molar-refractivity contribution is -0.133. The number of fused-ring (bicyclic) bond motifs is 1. The molecule has 27 heavy (non-hydrogen) atoms. The molecule has 0 bridgehead atoms. The molecular weight excluding hydrogens is 381 g/mol. The van der Waals surface area contributed by atoms with Gasteiger partial charge in [0.25, 0.3) is 0 Å². The van der Waals surface area contributed by atoms with Crippen LogP contribution in [0.2, 0.25) is 0 Å². The summed E-state index contributed by atoms with van der Waals surface area (Å²) in [6, 6.07) is 9.04. The summed E-state index contributed by atoms with van der Waals surface area (Å²) in [6.45, 7) is 4.16. The number of likely N-dealkylation sites (tertiary alicyclic amines) is 1. The first-order chi connectivity index (χ1) is 12.2. The van der Waals surface area contributed by atoms with Crippen LogP contribution in [0, 0.1) is 11.8 Å². The van der Waals surface area contributed by atoms with Gasteiger partial charge in [-0.15, -0.1) is 24.8 Å². The van der Waals surface area contributed by atoms with Crippen molar-refractivity contribution in [3.8, 4) is 0 Å². The Morgan fingerprint density at radius 2 is 1.78 bits per heavy atom. The number of hydrogen-bond acceptors (Lipinski definition) is 3. The first-order valence-electron chi connectivity index (χ1n) is 10.1. The average Bonchev–Trinajstić information content (AvgIpc) is 3.22. The third-order valence-electron chi connectivity index (χ3n) is 6.58. The molecule has 0 radical (unpaired) electrons. The molecule has 1 aliphatic carbocycles. The Bertz CT molecular complexity index is 619. The van der Waals surface area contributed by atoms with Gasteiger partial charge in [0.2, 0.25) is 5.91 Å². The minimum Gasteiger partial charge on any atom is -0.371 e. The van der Waals surface area contributed by atoms with Gasteiger partial charge in [-0.2, -0.15) is 0 Å². The van der Waals surface area contributed by atoms with Crippen LogP contribution in [0.3, 0.4) is 0 Å². The number of anilines is 1. The standard InChI is InChI=1S/C21H31N3O.2ClH/c22-19-6-3-5-18(19)14-21(25)23-11-8-16(9-12-23)15-24-13-10-17-4-1-2-7-20(17)24;;/h1-2,4,7,16,18-19H,3,5-6,8-15,22H2;2*1H/t18-,19+;;/m0../s1. The van der Waals surface area contributed by atoms with Crippen LogP contribution in [0.1, 0.15) is 44.1 Å². The van der Waals surface area contributed by atoms with Gasteiger partial charge in [-0.05, 0) is 55.6 Å². The number of carbonyl (C=O) groups excluding carboxylic acids is 1. The van der Waals surface area contributed by atoms with Crippen LogP contribution < -0.4 is 10.6 Å². The molecule has 4 rings (SSSR count). The summed E-state index contributed by atoms with van der Waals surface area (Å²) >= 11 is 0. The molecule has 0 spiro atoms. The van der Waals surface area contributed by atoms with Gasteiger partial charge >= 0.3 is 0 Å². The van der Waals surface area contributed by atoms with Gasteiger partial charge < -0.3 is 15.5 Å². The lowest BCUT2D eigenvalue weighted by Crippen LogP contribution is -2.42. The number of nitrogens with two attached hydrogens (primary N) is 1. The number of hydrogen-bond donors (Lipinski definition) is 1. The zero-order valence-corrected chi connectivity index (χ0v) is 17.6. The monoisotopic (exact) mass is 413 g/mol. The molecule has 1 aromatic rings. The zero-order chi connectivity index (χ0) is 17.2. The van der Waals surface area contributed by atoms with E-state index in [-0.39, 0.29) is 30.9 Å². The van der Waals surface area contributed by atoms with E-state index in [0.29, 0.717) is 24.2 Å². The minimum atomic E-state index is 0. The predicted molar refractivity (Wildman–Crippen MR) is 116 cm³/mol. The van der Waals surface area contributed by atoms with Crippen LogP contribution in [0.15, 0.2) is 24.3 Å². The molecule has 2 aliphatic heterocycles. The second-order valence-corrected chi connectivity index (χ2v) is 8.21. The molecule has 0 unspecified atom stereocenters. The maximum absolute atomic E-state index is 12.6. The first kappa shape index (κ1) is 22.3. The van der Waals surface area contributed by atoms with Crippen molar-refractivity contribution in [3.05, 3.63) is 29.8 Å². The van der Waals surface area contributed by atoms with Gasteiger partial charge in [-0.3, -0.25) is 4.79 Å². The highest BCUT2D eigenvalue weighted by molar-refractivity contribution is 5.85. The molecule has 3 aliphatic rings. The molecular formula is C21H33Cl2N3O. The molecule has 2 heterocycles. The van der Waals surface area contributed by atoms with Crippen molar-refractivity contribution >= 4 is 36.4 Å². The third kappa shape index (κ3) is 5.10. The quantitative estimate of drug-likeness (QED) is 0.818. The molecule has 1 amide bonds. The lowest BCUT2D eigenvalue weighted by atomic mass is 9.94. The van der Waals surface area contributed by atoms with Gasteiger partial charge in [0, 0.05) is 44.3 Å². The highest BCUT2D eigenvalue weighted by Crippen LogP contribution is 2.31. The number of rotatable bonds is 4. The second kappa shape index (κ2) is 9.99. The summed E-state index contributed by atoms with van der Waals surface area (Å²) in [6.07, 6.45) is 7.55. The van der Waals surface area contributed by atoms with E-state index in [1.54, 1.807) is 0 Å². The molecule has 1 aromatic carbocycles. The number of carbonyl (C=O) groups is 1. The van der Waals surface area contributed by atoms with E-state index in [1.807, 2.05) is 0 Å². The van der Waals surface area contributed by atoms with Crippen LogP contribution in [0.25, 0.3) is 0 Å². The van der Waals surface area contributed by atoms with Crippen molar-refractivity contribution in [2.24, 2.45) is 17.6 Å². The van der Waals surface area contributed by atoms with Gasteiger partial charge in [0.1, 0.15) is 0 Å². The predicted octanol–water partition coefficient (Wildman–Crippen LogP) is 3.65. The Hall–Kier alpha value is -0.970. The molecule has 2 atom stereocenters. The van der Waals surface area contributed by atoms with Crippen LogP contribution >= 0.6 is 24.8 Å². The summed E-state index contributed by atoms with van der Waals surface area (Å²) in [5.41, 5.74) is 9.05. The summed E-state index contributed by atoms with van der Waals surface area (Å²) in [7, 11) is 0. The SMILES string of the molecule is Cl.Cl.N[C@@H]1CCC[C@H]1CC(=O)N1CCC(CN2CCc3ccccc32)CC1. The summed E-state index contributed by atoms with van der Waals surface area (Å²) in [5.74, 6) is 1.47. The van der Waals surface area contributed by atoms with Crippen molar-refractivity contribution in [2.45, 2.75) is 51.0 Å². The van der Waals surface area contributed by atoms with E-state index >= 15 is 0 Å². The summed E-state index contributed by atoms with van der Waals surface area (Å²) < 4.78 is 0. The van der Waals surface area contributed by atoms with Crippen molar-refractivity contribution in [1.82, 2.24) is 4.90 Å². The summed E-state index contributed by atoms with van der Waals surface area (Å²) in [5, 5.41) is 0. The van der Waals surface area contributed by atoms with Crippen LogP contribution in [0.5, 0.6) is 0 Å². The fraction of sp³-hybridized carbons (Fsp3) is 0.667. The Morgan fingerprint density at radius 1 is 1.04 bits per heavy atom. The van der Waals surface area contributed by atoms with E-state index in [1.165, 1.54) is 24.1 Å². The summed E-state index contributed by atoms with van der Waals surface area (Å²) in [4.78, 5) is 17.2. The molecule has 1 saturated heterocycles. The van der Waals surface area contributed by atoms with Crippen molar-refractivity contribution in [2.75, 3.05) is 31.1 Å². The minimum absolute atomic E-state index is 0. The number of nitrogens with zero attached hydrogens (tertiary/aromatic N) is 2. The fourth-order valence-electron chi connectivity index (χ4n) is 4.95. The third-order valence-corrected chi connectivity index (χ3v) is 6.58. The normalized spacial score (nSPS) is 24.9. The zero-order valence-electron chi connectivity index (χ0n) is 16.0. The Labute approximate surface area is 175 Å². The maximum atomic E-state index is 12.6. The maximum Gasteiger partial charge on any atom is 0.222 e. The smallest absolute Gasteiger partial charge is 0.222 e. The van der Waals surface area contributed by atoms with Gasteiger partial charge in [-0.1, -0.05) is 24.6 Å². The second-order valence-electron chi connectivity index (χ2n) is 8.21. The van der Waals surface area contributed by atoms with Crippen molar-refractivity contribution < 1.29 is 4.79 Å². The molecule has 2 N–H and O–H groups in total. The number of piperidine rings is 1. The Kier molecular flexibility index (Phi) is 8.26. The van der Waals surface area contributed by atoms with Gasteiger partial charge in [-0.25, -0.2) is 0 Å². The number of amides is 1. The van der Waals surface area contributed by atoms with Gasteiger partial charge in [0.05, 0.1) is 0 Å². The van der Waals surface area contributed by atoms with E-state index in [4.69, 9.17) is 5.73 Å². The topological polar surface area (TPSA) is 49.6 Å². The molecule has 6 heteroatoms. The highest BCUT2D eigenvalue weighted by Gasteiger charge is 2.30. The van der Waals surface area contributed by atoms with E-state index < -0.39 is 0 Å². The van der Waals surface area contributed by atoms with E-state index in [0.717, 1.165) is 51.9 Å². The average molecular weight is 414 g/mol. The molecule has 1 saturated carbocycles. The first-order valence-corrected chi connectivity index (χ1v) is 10.1. The van der Waals surface area contributed by atoms with Crippen molar-refractivity contribution in [1.29, 1.82) is 0 Å². The van der Waals surface area contributed by atoms with Gasteiger partial charge in [0.15, 0.2) is 0 Å². The Balaban J connectivity index is 0.00000131. The van der Waals surface area contributed by atoms with Crippen molar-refractivity contribution in [3.63, 3.8) is 0 Å². The molecule has 4 nitrogen and oxygen atoms in total. The van der Waals surface area contributed by atoms with Crippen LogP contribution in [0.4, 0.5) is 5.69 Å². The van der Waals surface area contributed by atoms with Crippen LogP contribution in [-0.2, 0) is 11.2 Å². The number of halogens is 2. The fourth-order valence-corrected chi connectivity index (χ4v) is 4.95.